The van der Waals surface area contributed by atoms with Crippen molar-refractivity contribution in [2.24, 2.45) is 0 Å². The highest BCUT2D eigenvalue weighted by atomic mass is 16.5. The SMILES string of the molecule is C#CC#CC#CC#CC#CC#CC#CC#CC#COc1ccc(C(C)CC)cc1. The van der Waals surface area contributed by atoms with Crippen LogP contribution < -0.4 is 4.74 Å². The zero-order chi connectivity index (χ0) is 21.0. The van der Waals surface area contributed by atoms with E-state index in [-0.39, 0.29) is 0 Å². The third-order valence-corrected chi connectivity index (χ3v) is 3.23. The number of hydrogen-bond acceptors (Lipinski definition) is 1. The summed E-state index contributed by atoms with van der Waals surface area (Å²) in [6.07, 6.45) is 8.55. The molecule has 0 heterocycles. The molecule has 1 aromatic rings. The van der Waals surface area contributed by atoms with E-state index in [0.717, 1.165) is 6.42 Å². The highest BCUT2D eigenvalue weighted by molar-refractivity contribution is 5.46. The fourth-order valence-corrected chi connectivity index (χ4v) is 1.65. The summed E-state index contributed by atoms with van der Waals surface area (Å²) in [6.45, 7) is 4.35. The van der Waals surface area contributed by atoms with Crippen LogP contribution in [0.2, 0.25) is 0 Å². The maximum Gasteiger partial charge on any atom is 0.140 e. The van der Waals surface area contributed by atoms with Crippen molar-refractivity contribution in [3.63, 3.8) is 0 Å². The Morgan fingerprint density at radius 2 is 1.10 bits per heavy atom. The van der Waals surface area contributed by atoms with Gasteiger partial charge in [0, 0.05) is 47.4 Å². The minimum absolute atomic E-state index is 0.528. The monoisotopic (exact) mass is 366 g/mol. The molecule has 1 nitrogen and oxygen atoms in total. The van der Waals surface area contributed by atoms with Gasteiger partial charge >= 0.3 is 0 Å². The lowest BCUT2D eigenvalue weighted by molar-refractivity contribution is 0.519. The van der Waals surface area contributed by atoms with E-state index in [9.17, 15) is 0 Å². The number of benzene rings is 1. The van der Waals surface area contributed by atoms with Crippen LogP contribution in [0.4, 0.5) is 0 Å². The van der Waals surface area contributed by atoms with E-state index in [1.165, 1.54) is 5.56 Å². The van der Waals surface area contributed by atoms with Crippen molar-refractivity contribution in [3.05, 3.63) is 29.8 Å². The molecule has 0 aliphatic heterocycles. The number of rotatable bonds is 3. The summed E-state index contributed by atoms with van der Waals surface area (Å²) in [6, 6.07) is 7.87. The lowest BCUT2D eigenvalue weighted by atomic mass is 9.99. The molecule has 0 bridgehead atoms. The summed E-state index contributed by atoms with van der Waals surface area (Å²) in [4.78, 5) is 0. The van der Waals surface area contributed by atoms with Crippen LogP contribution in [0.25, 0.3) is 0 Å². The summed E-state index contributed by atoms with van der Waals surface area (Å²) in [7, 11) is 0. The zero-order valence-corrected chi connectivity index (χ0v) is 16.1. The van der Waals surface area contributed by atoms with E-state index in [2.05, 4.69) is 115 Å². The van der Waals surface area contributed by atoms with Crippen LogP contribution >= 0.6 is 0 Å². The Morgan fingerprint density at radius 3 is 1.52 bits per heavy atom. The van der Waals surface area contributed by atoms with Crippen LogP contribution in [0.3, 0.4) is 0 Å². The number of terminal acetylenes is 1. The van der Waals surface area contributed by atoms with Gasteiger partial charge in [-0.3, -0.25) is 0 Å². The molecule has 1 atom stereocenters. The average Bonchev–Trinajstić information content (AvgIpc) is 2.75. The number of hydrogen-bond donors (Lipinski definition) is 0. The molecule has 0 saturated heterocycles. The van der Waals surface area contributed by atoms with Gasteiger partial charge in [-0.1, -0.05) is 26.0 Å². The smallest absolute Gasteiger partial charge is 0.140 e. The maximum atomic E-state index is 5.30. The molecule has 0 amide bonds. The van der Waals surface area contributed by atoms with Crippen molar-refractivity contribution in [1.82, 2.24) is 0 Å². The van der Waals surface area contributed by atoms with Gasteiger partial charge in [0.2, 0.25) is 0 Å². The maximum absolute atomic E-state index is 5.30. The first-order valence-corrected chi connectivity index (χ1v) is 8.50. The lowest BCUT2D eigenvalue weighted by Crippen LogP contribution is -1.91. The van der Waals surface area contributed by atoms with Crippen LogP contribution in [0, 0.1) is 107 Å². The molecule has 0 N–H and O–H groups in total. The molecule has 1 aromatic carbocycles. The lowest BCUT2D eigenvalue weighted by Gasteiger charge is -2.08. The van der Waals surface area contributed by atoms with Crippen LogP contribution in [0.15, 0.2) is 24.3 Å². The second kappa shape index (κ2) is 15.3. The first kappa shape index (κ1) is 22.1. The van der Waals surface area contributed by atoms with E-state index >= 15 is 0 Å². The first-order valence-electron chi connectivity index (χ1n) is 8.50. The molecule has 1 unspecified atom stereocenters. The Kier molecular flexibility index (Phi) is 11.7. The van der Waals surface area contributed by atoms with Crippen molar-refractivity contribution >= 4 is 0 Å². The zero-order valence-electron chi connectivity index (χ0n) is 16.1. The van der Waals surface area contributed by atoms with Crippen molar-refractivity contribution in [3.8, 4) is 113 Å². The molecule has 29 heavy (non-hydrogen) atoms. The molecule has 1 heteroatoms. The molecule has 0 aromatic heterocycles. The molecule has 0 fully saturated rings. The van der Waals surface area contributed by atoms with Gasteiger partial charge in [0.25, 0.3) is 0 Å². The Bertz CT molecular complexity index is 1260. The second-order valence-corrected chi connectivity index (χ2v) is 5.10. The minimum Gasteiger partial charge on any atom is -0.407 e. The predicted molar refractivity (Wildman–Crippen MR) is 117 cm³/mol. The average molecular weight is 366 g/mol. The molecule has 0 aliphatic rings. The fraction of sp³-hybridized carbons (Fsp3) is 0.143. The molecule has 0 radical (unpaired) electrons. The molecule has 1 rings (SSSR count). The van der Waals surface area contributed by atoms with Gasteiger partial charge in [-0.25, -0.2) is 0 Å². The Hall–Kier alpha value is -4.94. The Morgan fingerprint density at radius 1 is 0.690 bits per heavy atom. The van der Waals surface area contributed by atoms with E-state index < -0.39 is 0 Å². The van der Waals surface area contributed by atoms with Crippen LogP contribution in [-0.4, -0.2) is 0 Å². The van der Waals surface area contributed by atoms with E-state index in [1.54, 1.807) is 0 Å². The third-order valence-electron chi connectivity index (χ3n) is 3.23. The Balaban J connectivity index is 2.45. The largest absolute Gasteiger partial charge is 0.407 e. The summed E-state index contributed by atoms with van der Waals surface area (Å²) in [5, 5.41) is 0. The van der Waals surface area contributed by atoms with Crippen molar-refractivity contribution < 1.29 is 4.74 Å². The molecular weight excluding hydrogens is 352 g/mol. The van der Waals surface area contributed by atoms with Gasteiger partial charge in [0.15, 0.2) is 0 Å². The molecule has 0 spiro atoms. The van der Waals surface area contributed by atoms with Crippen LogP contribution in [0.1, 0.15) is 31.7 Å². The van der Waals surface area contributed by atoms with Crippen molar-refractivity contribution in [2.75, 3.05) is 0 Å². The van der Waals surface area contributed by atoms with Gasteiger partial charge in [-0.15, -0.1) is 6.42 Å². The highest BCUT2D eigenvalue weighted by Crippen LogP contribution is 2.21. The first-order chi connectivity index (χ1) is 14.3. The predicted octanol–water partition coefficient (Wildman–Crippen LogP) is 3.20. The van der Waals surface area contributed by atoms with Crippen LogP contribution in [0.5, 0.6) is 5.75 Å². The summed E-state index contributed by atoms with van der Waals surface area (Å²) in [5.74, 6) is 40.8. The standard InChI is InChI=1S/C28H14O/c1-4-6-7-8-9-10-11-12-13-14-15-16-17-18-19-20-25-29-28-23-21-27(22-24-28)26(3)5-2/h1,21-24,26H,5H2,2-3H3. The van der Waals surface area contributed by atoms with Gasteiger partial charge in [0.1, 0.15) is 11.9 Å². The second-order valence-electron chi connectivity index (χ2n) is 5.10. The van der Waals surface area contributed by atoms with E-state index in [0.29, 0.717) is 11.7 Å². The molecule has 0 saturated carbocycles. The molecule has 0 aliphatic carbocycles. The highest BCUT2D eigenvalue weighted by Gasteiger charge is 2.02. The van der Waals surface area contributed by atoms with Crippen molar-refractivity contribution in [2.45, 2.75) is 26.2 Å². The van der Waals surface area contributed by atoms with E-state index in [1.807, 2.05) is 24.3 Å². The Labute approximate surface area is 174 Å². The summed E-state index contributed by atoms with van der Waals surface area (Å²) >= 11 is 0. The fourth-order valence-electron chi connectivity index (χ4n) is 1.65. The summed E-state index contributed by atoms with van der Waals surface area (Å²) in [5.41, 5.74) is 1.28. The van der Waals surface area contributed by atoms with Gasteiger partial charge in [-0.05, 0) is 77.4 Å². The summed E-state index contributed by atoms with van der Waals surface area (Å²) < 4.78 is 5.30. The normalized spacial score (nSPS) is 7.48. The van der Waals surface area contributed by atoms with Crippen LogP contribution in [-0.2, 0) is 0 Å². The van der Waals surface area contributed by atoms with Gasteiger partial charge in [0.05, 0.1) is 0 Å². The third kappa shape index (κ3) is 11.3. The minimum atomic E-state index is 0.528. The topological polar surface area (TPSA) is 9.23 Å². The van der Waals surface area contributed by atoms with Crippen molar-refractivity contribution in [1.29, 1.82) is 0 Å². The number of ether oxygens (including phenoxy) is 1. The molecule has 132 valence electrons. The van der Waals surface area contributed by atoms with Gasteiger partial charge < -0.3 is 4.74 Å². The van der Waals surface area contributed by atoms with Gasteiger partial charge in [-0.2, -0.15) is 0 Å². The van der Waals surface area contributed by atoms with E-state index in [4.69, 9.17) is 11.2 Å². The quantitative estimate of drug-likeness (QED) is 0.747. The molecular formula is C28H14O.